The maximum absolute atomic E-state index is 11.7. The maximum Gasteiger partial charge on any atom is 0.252 e. The third-order valence-electron chi connectivity index (χ3n) is 2.92. The first-order valence-electron chi connectivity index (χ1n) is 6.57. The summed E-state index contributed by atoms with van der Waals surface area (Å²) >= 11 is 7.25. The molecule has 116 valence electrons. The van der Waals surface area contributed by atoms with Crippen LogP contribution in [0.4, 0.5) is 0 Å². The normalized spacial score (nSPS) is 11.7. The Bertz CT molecular complexity index is 646. The largest absolute Gasteiger partial charge is 0.387 e. The highest BCUT2D eigenvalue weighted by Gasteiger charge is 2.11. The number of thiophene rings is 1. The Kier molecular flexibility index (Phi) is 5.94. The van der Waals surface area contributed by atoms with Crippen molar-refractivity contribution >= 4 is 34.8 Å². The van der Waals surface area contributed by atoms with Crippen molar-refractivity contribution in [3.8, 4) is 0 Å². The molecule has 2 amide bonds. The molecule has 1 atom stereocenters. The number of amides is 2. The molecule has 0 aliphatic rings. The van der Waals surface area contributed by atoms with Crippen LogP contribution in [-0.4, -0.2) is 30.0 Å². The van der Waals surface area contributed by atoms with Gasteiger partial charge < -0.3 is 15.7 Å². The van der Waals surface area contributed by atoms with Crippen molar-refractivity contribution in [1.82, 2.24) is 10.6 Å². The zero-order valence-electron chi connectivity index (χ0n) is 11.6. The average Bonchev–Trinajstić information content (AvgIpc) is 3.04. The summed E-state index contributed by atoms with van der Waals surface area (Å²) in [5, 5.41) is 19.0. The Morgan fingerprint density at radius 1 is 1.27 bits per heavy atom. The molecule has 0 saturated heterocycles. The summed E-state index contributed by atoms with van der Waals surface area (Å²) in [4.78, 5) is 23.3. The van der Waals surface area contributed by atoms with Gasteiger partial charge in [-0.2, -0.15) is 11.3 Å². The predicted octanol–water partition coefficient (Wildman–Crippen LogP) is 1.98. The lowest BCUT2D eigenvalue weighted by Crippen LogP contribution is -2.38. The molecule has 0 unspecified atom stereocenters. The van der Waals surface area contributed by atoms with Crippen LogP contribution < -0.4 is 10.6 Å². The van der Waals surface area contributed by atoms with Crippen molar-refractivity contribution in [3.63, 3.8) is 0 Å². The molecule has 3 N–H and O–H groups in total. The number of carbonyl (C=O) groups is 2. The van der Waals surface area contributed by atoms with Gasteiger partial charge in [-0.05, 0) is 29.1 Å². The van der Waals surface area contributed by atoms with Crippen LogP contribution in [0.5, 0.6) is 0 Å². The fourth-order valence-corrected chi connectivity index (χ4v) is 2.60. The molecule has 22 heavy (non-hydrogen) atoms. The number of hydrogen-bond acceptors (Lipinski definition) is 4. The van der Waals surface area contributed by atoms with Gasteiger partial charge in [0.05, 0.1) is 12.6 Å². The van der Waals surface area contributed by atoms with Gasteiger partial charge in [-0.15, -0.1) is 0 Å². The zero-order chi connectivity index (χ0) is 15.9. The van der Waals surface area contributed by atoms with Gasteiger partial charge in [0.15, 0.2) is 0 Å². The zero-order valence-corrected chi connectivity index (χ0v) is 13.2. The number of aliphatic hydroxyl groups excluding tert-OH is 1. The first-order chi connectivity index (χ1) is 10.6. The number of rotatable bonds is 6. The van der Waals surface area contributed by atoms with E-state index in [4.69, 9.17) is 11.6 Å². The van der Waals surface area contributed by atoms with Gasteiger partial charge in [0, 0.05) is 22.5 Å². The minimum atomic E-state index is -0.852. The second-order valence-corrected chi connectivity index (χ2v) is 5.79. The topological polar surface area (TPSA) is 78.4 Å². The minimum Gasteiger partial charge on any atom is -0.387 e. The van der Waals surface area contributed by atoms with Crippen molar-refractivity contribution in [2.45, 2.75) is 6.10 Å². The van der Waals surface area contributed by atoms with Crippen molar-refractivity contribution in [2.75, 3.05) is 13.1 Å². The lowest BCUT2D eigenvalue weighted by Gasteiger charge is -2.12. The van der Waals surface area contributed by atoms with Gasteiger partial charge >= 0.3 is 0 Å². The monoisotopic (exact) mass is 338 g/mol. The Balaban J connectivity index is 1.74. The van der Waals surface area contributed by atoms with E-state index in [-0.39, 0.29) is 24.9 Å². The van der Waals surface area contributed by atoms with E-state index in [0.29, 0.717) is 16.1 Å². The lowest BCUT2D eigenvalue weighted by atomic mass is 10.1. The lowest BCUT2D eigenvalue weighted by molar-refractivity contribution is -0.120. The number of carbonyl (C=O) groups excluding carboxylic acids is 2. The van der Waals surface area contributed by atoms with E-state index in [0.717, 1.165) is 0 Å². The fourth-order valence-electron chi connectivity index (χ4n) is 1.76. The summed E-state index contributed by atoms with van der Waals surface area (Å²) in [6.07, 6.45) is -0.852. The van der Waals surface area contributed by atoms with E-state index in [2.05, 4.69) is 10.6 Å². The third-order valence-corrected chi connectivity index (χ3v) is 3.84. The van der Waals surface area contributed by atoms with Gasteiger partial charge in [0.25, 0.3) is 5.91 Å². The average molecular weight is 339 g/mol. The highest BCUT2D eigenvalue weighted by Crippen LogP contribution is 2.16. The van der Waals surface area contributed by atoms with Gasteiger partial charge in [-0.1, -0.05) is 23.7 Å². The molecule has 1 aromatic heterocycles. The molecule has 0 fully saturated rings. The molecule has 0 saturated carbocycles. The molecule has 0 radical (unpaired) electrons. The van der Waals surface area contributed by atoms with Gasteiger partial charge in [-0.25, -0.2) is 0 Å². The standard InChI is InChI=1S/C15H15ClN2O3S/c16-12-3-1-2-10(6-12)13(19)7-17-14(20)8-18-15(21)11-4-5-22-9-11/h1-6,9,13,19H,7-8H2,(H,17,20)(H,18,21)/t13-/m1/s1. The van der Waals surface area contributed by atoms with Crippen LogP contribution in [0.1, 0.15) is 22.0 Å². The highest BCUT2D eigenvalue weighted by molar-refractivity contribution is 7.08. The van der Waals surface area contributed by atoms with Crippen LogP contribution in [0, 0.1) is 0 Å². The van der Waals surface area contributed by atoms with Crippen LogP contribution in [0.15, 0.2) is 41.1 Å². The summed E-state index contributed by atoms with van der Waals surface area (Å²) in [7, 11) is 0. The summed E-state index contributed by atoms with van der Waals surface area (Å²) in [6, 6.07) is 8.47. The van der Waals surface area contributed by atoms with Crippen LogP contribution >= 0.6 is 22.9 Å². The van der Waals surface area contributed by atoms with E-state index >= 15 is 0 Å². The van der Waals surface area contributed by atoms with E-state index < -0.39 is 6.10 Å². The number of nitrogens with one attached hydrogen (secondary N) is 2. The van der Waals surface area contributed by atoms with Crippen molar-refractivity contribution in [2.24, 2.45) is 0 Å². The predicted molar refractivity (Wildman–Crippen MR) is 86.1 cm³/mol. The summed E-state index contributed by atoms with van der Waals surface area (Å²) in [6.45, 7) is -0.0928. The maximum atomic E-state index is 11.7. The Hall–Kier alpha value is -1.89. The SMILES string of the molecule is O=C(CNC(=O)c1ccsc1)NC[C@@H](O)c1cccc(Cl)c1. The fraction of sp³-hybridized carbons (Fsp3) is 0.200. The molecular formula is C15H15ClN2O3S. The first kappa shape index (κ1) is 16.5. The molecule has 0 aliphatic carbocycles. The van der Waals surface area contributed by atoms with Crippen molar-refractivity contribution in [3.05, 3.63) is 57.2 Å². The van der Waals surface area contributed by atoms with Crippen LogP contribution in [0.25, 0.3) is 0 Å². The molecule has 0 bridgehead atoms. The number of benzene rings is 1. The molecular weight excluding hydrogens is 324 g/mol. The quantitative estimate of drug-likeness (QED) is 0.753. The van der Waals surface area contributed by atoms with Crippen LogP contribution in [0.3, 0.4) is 0 Å². The van der Waals surface area contributed by atoms with Crippen molar-refractivity contribution < 1.29 is 14.7 Å². The van der Waals surface area contributed by atoms with Crippen LogP contribution in [-0.2, 0) is 4.79 Å². The number of hydrogen-bond donors (Lipinski definition) is 3. The molecule has 1 aromatic carbocycles. The Morgan fingerprint density at radius 3 is 2.77 bits per heavy atom. The molecule has 0 spiro atoms. The van der Waals surface area contributed by atoms with Crippen LogP contribution in [0.2, 0.25) is 5.02 Å². The van der Waals surface area contributed by atoms with Gasteiger partial charge in [0.2, 0.25) is 5.91 Å². The summed E-state index contributed by atoms with van der Waals surface area (Å²) < 4.78 is 0. The van der Waals surface area contributed by atoms with Crippen molar-refractivity contribution in [1.29, 1.82) is 0 Å². The number of aliphatic hydroxyl groups is 1. The third kappa shape index (κ3) is 4.84. The first-order valence-corrected chi connectivity index (χ1v) is 7.89. The van der Waals surface area contributed by atoms with E-state index in [9.17, 15) is 14.7 Å². The second-order valence-electron chi connectivity index (χ2n) is 4.57. The summed E-state index contributed by atoms with van der Waals surface area (Å²) in [5.74, 6) is -0.670. The van der Waals surface area contributed by atoms with E-state index in [1.807, 2.05) is 0 Å². The highest BCUT2D eigenvalue weighted by atomic mass is 35.5. The summed E-state index contributed by atoms with van der Waals surface area (Å²) in [5.41, 5.74) is 1.15. The Morgan fingerprint density at radius 2 is 2.09 bits per heavy atom. The molecule has 2 rings (SSSR count). The Labute approximate surface area is 136 Å². The minimum absolute atomic E-state index is 0.0491. The molecule has 2 aromatic rings. The van der Waals surface area contributed by atoms with E-state index in [1.54, 1.807) is 41.1 Å². The van der Waals surface area contributed by atoms with E-state index in [1.165, 1.54) is 11.3 Å². The van der Waals surface area contributed by atoms with Gasteiger partial charge in [-0.3, -0.25) is 9.59 Å². The molecule has 5 nitrogen and oxygen atoms in total. The molecule has 1 heterocycles. The van der Waals surface area contributed by atoms with Gasteiger partial charge in [0.1, 0.15) is 0 Å². The second kappa shape index (κ2) is 7.93. The molecule has 7 heteroatoms. The molecule has 0 aliphatic heterocycles. The number of halogens is 1. The smallest absolute Gasteiger partial charge is 0.252 e.